The summed E-state index contributed by atoms with van der Waals surface area (Å²) in [6.45, 7) is 4.49. The SMILES string of the molecule is CC1=NC(COCCC2CCNCC2)=C(C(=O)OCCC(c2ccccc2)c2ccccc2)C(c2cccc(Cl)c2)C1C(=O)O. The van der Waals surface area contributed by atoms with Gasteiger partial charge in [-0.25, -0.2) is 4.79 Å². The number of hydrogen-bond donors (Lipinski definition) is 2. The third kappa shape index (κ3) is 8.48. The third-order valence-corrected chi connectivity index (χ3v) is 9.06. The Morgan fingerprint density at radius 2 is 1.62 bits per heavy atom. The third-order valence-electron chi connectivity index (χ3n) is 8.82. The molecule has 5 rings (SSSR count). The van der Waals surface area contributed by atoms with Gasteiger partial charge in [0.05, 0.1) is 24.5 Å². The van der Waals surface area contributed by atoms with Gasteiger partial charge in [0.1, 0.15) is 5.92 Å². The number of nitrogens with one attached hydrogen (secondary N) is 1. The number of carboxylic acid groups (broad SMARTS) is 1. The lowest BCUT2D eigenvalue weighted by atomic mass is 9.75. The van der Waals surface area contributed by atoms with Gasteiger partial charge in [0, 0.05) is 29.2 Å². The van der Waals surface area contributed by atoms with Crippen LogP contribution in [0.25, 0.3) is 0 Å². The molecular formula is C37H41ClN2O5. The van der Waals surface area contributed by atoms with E-state index in [0.717, 1.165) is 43.5 Å². The van der Waals surface area contributed by atoms with Crippen molar-refractivity contribution in [2.75, 3.05) is 32.9 Å². The number of rotatable bonds is 13. The maximum Gasteiger partial charge on any atom is 0.336 e. The average molecular weight is 629 g/mol. The second-order valence-electron chi connectivity index (χ2n) is 11.8. The number of carbonyl (C=O) groups excluding carboxylic acids is 1. The van der Waals surface area contributed by atoms with Gasteiger partial charge in [-0.1, -0.05) is 84.4 Å². The van der Waals surface area contributed by atoms with Gasteiger partial charge in [0.15, 0.2) is 0 Å². The first-order valence-electron chi connectivity index (χ1n) is 15.7. The first kappa shape index (κ1) is 32.6. The van der Waals surface area contributed by atoms with Crippen LogP contribution in [0, 0.1) is 11.8 Å². The molecule has 0 aliphatic carbocycles. The van der Waals surface area contributed by atoms with E-state index in [2.05, 4.69) is 34.6 Å². The van der Waals surface area contributed by atoms with Crippen LogP contribution in [0.15, 0.2) is 101 Å². The van der Waals surface area contributed by atoms with E-state index in [4.69, 9.17) is 21.1 Å². The summed E-state index contributed by atoms with van der Waals surface area (Å²) in [6, 6.07) is 27.3. The molecule has 0 aromatic heterocycles. The second kappa shape index (κ2) is 16.0. The van der Waals surface area contributed by atoms with Gasteiger partial charge in [-0.15, -0.1) is 0 Å². The van der Waals surface area contributed by atoms with Gasteiger partial charge >= 0.3 is 11.9 Å². The van der Waals surface area contributed by atoms with Gasteiger partial charge in [-0.2, -0.15) is 0 Å². The summed E-state index contributed by atoms with van der Waals surface area (Å²) in [4.78, 5) is 31.3. The van der Waals surface area contributed by atoms with Crippen LogP contribution in [0.3, 0.4) is 0 Å². The van der Waals surface area contributed by atoms with Crippen molar-refractivity contribution >= 4 is 29.3 Å². The Kier molecular flexibility index (Phi) is 11.6. The highest BCUT2D eigenvalue weighted by atomic mass is 35.5. The van der Waals surface area contributed by atoms with Crippen LogP contribution in [0.4, 0.5) is 0 Å². The molecule has 45 heavy (non-hydrogen) atoms. The van der Waals surface area contributed by atoms with Gasteiger partial charge in [-0.3, -0.25) is 9.79 Å². The van der Waals surface area contributed by atoms with Crippen molar-refractivity contribution in [2.45, 2.75) is 44.4 Å². The molecule has 0 bridgehead atoms. The van der Waals surface area contributed by atoms with E-state index >= 15 is 0 Å². The summed E-state index contributed by atoms with van der Waals surface area (Å²) in [5.74, 6) is -2.91. The lowest BCUT2D eigenvalue weighted by Crippen LogP contribution is -2.36. The summed E-state index contributed by atoms with van der Waals surface area (Å²) in [5, 5.41) is 14.2. The molecule has 1 saturated heterocycles. The molecule has 3 aromatic rings. The van der Waals surface area contributed by atoms with E-state index in [1.54, 1.807) is 31.2 Å². The van der Waals surface area contributed by atoms with E-state index in [1.807, 2.05) is 36.4 Å². The zero-order valence-corrected chi connectivity index (χ0v) is 26.4. The first-order valence-corrected chi connectivity index (χ1v) is 16.1. The molecule has 2 N–H and O–H groups in total. The van der Waals surface area contributed by atoms with Crippen LogP contribution in [-0.2, 0) is 19.1 Å². The molecule has 2 aliphatic rings. The van der Waals surface area contributed by atoms with Crippen molar-refractivity contribution in [3.8, 4) is 0 Å². The molecule has 2 heterocycles. The summed E-state index contributed by atoms with van der Waals surface area (Å²) < 4.78 is 12.1. The number of carbonyl (C=O) groups is 2. The highest BCUT2D eigenvalue weighted by Gasteiger charge is 2.42. The van der Waals surface area contributed by atoms with Crippen LogP contribution >= 0.6 is 11.6 Å². The van der Waals surface area contributed by atoms with Crippen LogP contribution in [0.5, 0.6) is 0 Å². The lowest BCUT2D eigenvalue weighted by Gasteiger charge is -2.31. The predicted molar refractivity (Wildman–Crippen MR) is 177 cm³/mol. The fraction of sp³-hybridized carbons (Fsp3) is 0.378. The maximum atomic E-state index is 14.0. The molecule has 2 atom stereocenters. The summed E-state index contributed by atoms with van der Waals surface area (Å²) in [5.41, 5.74) is 3.91. The molecule has 0 amide bonds. The molecule has 8 heteroatoms. The maximum absolute atomic E-state index is 14.0. The van der Waals surface area contributed by atoms with Crippen LogP contribution in [0.2, 0.25) is 5.02 Å². The van der Waals surface area contributed by atoms with Gasteiger partial charge in [0.25, 0.3) is 0 Å². The van der Waals surface area contributed by atoms with Crippen LogP contribution < -0.4 is 5.32 Å². The van der Waals surface area contributed by atoms with Crippen molar-refractivity contribution in [1.29, 1.82) is 0 Å². The standard InChI is InChI=1S/C37H41ClN2O5/c1-25-33(36(41)42)34(29-13-8-14-30(38)23-29)35(32(40-25)24-44-21-17-26-15-19-39-20-16-26)37(43)45-22-18-31(27-9-4-2-5-10-27)28-11-6-3-7-12-28/h2-14,23,26,31,33-34,39H,15-22,24H2,1H3,(H,41,42). The zero-order chi connectivity index (χ0) is 31.6. The quantitative estimate of drug-likeness (QED) is 0.156. The highest BCUT2D eigenvalue weighted by Crippen LogP contribution is 2.41. The monoisotopic (exact) mass is 628 g/mol. The number of benzene rings is 3. The summed E-state index contributed by atoms with van der Waals surface area (Å²) >= 11 is 6.36. The Morgan fingerprint density at radius 3 is 2.24 bits per heavy atom. The number of hydrogen-bond acceptors (Lipinski definition) is 6. The predicted octanol–water partition coefficient (Wildman–Crippen LogP) is 7.02. The van der Waals surface area contributed by atoms with Gasteiger partial charge < -0.3 is 19.9 Å². The second-order valence-corrected chi connectivity index (χ2v) is 12.2. The summed E-state index contributed by atoms with van der Waals surface area (Å²) in [7, 11) is 0. The summed E-state index contributed by atoms with van der Waals surface area (Å²) in [6.07, 6.45) is 3.71. The number of carboxylic acids is 1. The molecule has 1 fully saturated rings. The zero-order valence-electron chi connectivity index (χ0n) is 25.7. The molecule has 7 nitrogen and oxygen atoms in total. The highest BCUT2D eigenvalue weighted by molar-refractivity contribution is 6.30. The molecule has 0 saturated carbocycles. The number of aliphatic imine (C=N–C) groups is 1. The fourth-order valence-corrected chi connectivity index (χ4v) is 6.70. The normalized spacial score (nSPS) is 19.0. The van der Waals surface area contributed by atoms with E-state index in [9.17, 15) is 14.7 Å². The number of ether oxygens (including phenoxy) is 2. The fourth-order valence-electron chi connectivity index (χ4n) is 6.50. The number of piperidine rings is 1. The van der Waals surface area contributed by atoms with Crippen molar-refractivity contribution in [3.63, 3.8) is 0 Å². The van der Waals surface area contributed by atoms with Crippen molar-refractivity contribution in [3.05, 3.63) is 118 Å². The minimum absolute atomic E-state index is 0.0223. The first-order chi connectivity index (χ1) is 21.9. The van der Waals surface area contributed by atoms with Gasteiger partial charge in [0.2, 0.25) is 0 Å². The average Bonchev–Trinajstić information content (AvgIpc) is 3.05. The van der Waals surface area contributed by atoms with Crippen molar-refractivity contribution in [1.82, 2.24) is 5.32 Å². The number of aliphatic carboxylic acids is 1. The Hall–Kier alpha value is -3.78. The Bertz CT molecular complexity index is 1460. The van der Waals surface area contributed by atoms with E-state index < -0.39 is 23.8 Å². The number of esters is 1. The van der Waals surface area contributed by atoms with Crippen molar-refractivity contribution in [2.24, 2.45) is 16.8 Å². The van der Waals surface area contributed by atoms with Crippen LogP contribution in [0.1, 0.15) is 61.1 Å². The Labute approximate surface area is 270 Å². The van der Waals surface area contributed by atoms with E-state index in [0.29, 0.717) is 40.9 Å². The molecular weight excluding hydrogens is 588 g/mol. The molecule has 236 valence electrons. The molecule has 3 aromatic carbocycles. The van der Waals surface area contributed by atoms with Gasteiger partial charge in [-0.05, 0) is 80.4 Å². The smallest absolute Gasteiger partial charge is 0.336 e. The molecule has 2 unspecified atom stereocenters. The lowest BCUT2D eigenvalue weighted by molar-refractivity contribution is -0.141. The molecule has 0 spiro atoms. The van der Waals surface area contributed by atoms with Crippen LogP contribution in [-0.4, -0.2) is 55.7 Å². The number of nitrogens with zero attached hydrogens (tertiary/aromatic N) is 1. The molecule has 0 radical (unpaired) electrons. The van der Waals surface area contributed by atoms with E-state index in [1.165, 1.54) is 0 Å². The number of halogens is 1. The topological polar surface area (TPSA) is 97.2 Å². The largest absolute Gasteiger partial charge is 0.481 e. The minimum atomic E-state index is -1.06. The Balaban J connectivity index is 1.40. The Morgan fingerprint density at radius 1 is 0.956 bits per heavy atom. The van der Waals surface area contributed by atoms with Crippen molar-refractivity contribution < 1.29 is 24.2 Å². The van der Waals surface area contributed by atoms with E-state index in [-0.39, 0.29) is 24.7 Å². The minimum Gasteiger partial charge on any atom is -0.481 e. The molecule has 2 aliphatic heterocycles.